The summed E-state index contributed by atoms with van der Waals surface area (Å²) in [5.41, 5.74) is 9.50. The van der Waals surface area contributed by atoms with Gasteiger partial charge in [0.1, 0.15) is 35.7 Å². The van der Waals surface area contributed by atoms with E-state index in [2.05, 4.69) is 44.2 Å². The zero-order chi connectivity index (χ0) is 25.5. The lowest BCUT2D eigenvalue weighted by Gasteiger charge is -2.35. The summed E-state index contributed by atoms with van der Waals surface area (Å²) in [5, 5.41) is 4.41. The number of benzene rings is 1. The SMILES string of the molecule is Nc1ncnc2c1c(-c1cccc(OCC34CCC(CC3)O4)c1)cn2C1CCC(CN2CCNCC2)CC1. The zero-order valence-electron chi connectivity index (χ0n) is 22.3. The quantitative estimate of drug-likeness (QED) is 0.481. The van der Waals surface area contributed by atoms with Crippen LogP contribution in [0.5, 0.6) is 5.75 Å². The zero-order valence-corrected chi connectivity index (χ0v) is 22.3. The van der Waals surface area contributed by atoms with Gasteiger partial charge in [-0.3, -0.25) is 0 Å². The number of aromatic nitrogens is 3. The molecule has 202 valence electrons. The Bertz CT molecular complexity index is 1270. The Kier molecular flexibility index (Phi) is 6.50. The molecule has 8 heteroatoms. The molecule has 1 aliphatic carbocycles. The molecule has 5 heterocycles. The largest absolute Gasteiger partial charge is 0.491 e. The molecular formula is C30H40N6O2. The molecule has 0 atom stereocenters. The van der Waals surface area contributed by atoms with Gasteiger partial charge < -0.3 is 30.0 Å². The van der Waals surface area contributed by atoms with Gasteiger partial charge in [0.2, 0.25) is 0 Å². The van der Waals surface area contributed by atoms with Gasteiger partial charge in [-0.05, 0) is 75.0 Å². The van der Waals surface area contributed by atoms with Crippen LogP contribution < -0.4 is 15.8 Å². The van der Waals surface area contributed by atoms with Crippen molar-refractivity contribution in [3.63, 3.8) is 0 Å². The summed E-state index contributed by atoms with van der Waals surface area (Å²) in [6, 6.07) is 8.82. The third-order valence-corrected chi connectivity index (χ3v) is 9.48. The third kappa shape index (κ3) is 4.67. The van der Waals surface area contributed by atoms with Gasteiger partial charge in [-0.25, -0.2) is 9.97 Å². The van der Waals surface area contributed by atoms with Crippen LogP contribution >= 0.6 is 0 Å². The highest BCUT2D eigenvalue weighted by atomic mass is 16.6. The summed E-state index contributed by atoms with van der Waals surface area (Å²) in [4.78, 5) is 11.7. The lowest BCUT2D eigenvalue weighted by Crippen LogP contribution is -2.45. The van der Waals surface area contributed by atoms with Crippen molar-refractivity contribution in [2.45, 2.75) is 69.1 Å². The maximum Gasteiger partial charge on any atom is 0.146 e. The highest BCUT2D eigenvalue weighted by Gasteiger charge is 2.46. The predicted octanol–water partition coefficient (Wildman–Crippen LogP) is 4.41. The average Bonchev–Trinajstić information content (AvgIpc) is 3.68. The Morgan fingerprint density at radius 2 is 1.87 bits per heavy atom. The predicted molar refractivity (Wildman–Crippen MR) is 149 cm³/mol. The number of hydrogen-bond acceptors (Lipinski definition) is 7. The Hall–Kier alpha value is -2.68. The second-order valence-corrected chi connectivity index (χ2v) is 11.9. The van der Waals surface area contributed by atoms with Crippen molar-refractivity contribution in [3.05, 3.63) is 36.8 Å². The Morgan fingerprint density at radius 3 is 2.63 bits per heavy atom. The van der Waals surface area contributed by atoms with Crippen LogP contribution in [-0.2, 0) is 4.74 Å². The van der Waals surface area contributed by atoms with Gasteiger partial charge >= 0.3 is 0 Å². The Labute approximate surface area is 224 Å². The second kappa shape index (κ2) is 10.1. The molecular weight excluding hydrogens is 476 g/mol. The molecule has 8 nitrogen and oxygen atoms in total. The monoisotopic (exact) mass is 516 g/mol. The summed E-state index contributed by atoms with van der Waals surface area (Å²) in [5.74, 6) is 2.20. The van der Waals surface area contributed by atoms with Crippen molar-refractivity contribution < 1.29 is 9.47 Å². The molecule has 1 saturated carbocycles. The summed E-state index contributed by atoms with van der Waals surface area (Å²) in [7, 11) is 0. The van der Waals surface area contributed by atoms with Crippen LogP contribution in [-0.4, -0.2) is 70.5 Å². The third-order valence-electron chi connectivity index (χ3n) is 9.48. The molecule has 4 aliphatic rings. The van der Waals surface area contributed by atoms with Crippen molar-refractivity contribution in [2.75, 3.05) is 45.1 Å². The fourth-order valence-corrected chi connectivity index (χ4v) is 7.32. The topological polar surface area (TPSA) is 90.5 Å². The van der Waals surface area contributed by atoms with E-state index < -0.39 is 0 Å². The molecule has 3 saturated heterocycles. The van der Waals surface area contributed by atoms with Gasteiger partial charge in [0, 0.05) is 50.5 Å². The first-order valence-corrected chi connectivity index (χ1v) is 14.6. The fourth-order valence-electron chi connectivity index (χ4n) is 7.32. The summed E-state index contributed by atoms with van der Waals surface area (Å²) < 4.78 is 14.9. The number of fused-ring (bicyclic) bond motifs is 3. The van der Waals surface area contributed by atoms with Crippen molar-refractivity contribution in [1.82, 2.24) is 24.8 Å². The van der Waals surface area contributed by atoms with Crippen LogP contribution in [0.25, 0.3) is 22.2 Å². The van der Waals surface area contributed by atoms with Gasteiger partial charge in [-0.15, -0.1) is 0 Å². The first-order chi connectivity index (χ1) is 18.7. The first-order valence-electron chi connectivity index (χ1n) is 14.6. The lowest BCUT2D eigenvalue weighted by atomic mass is 9.85. The van der Waals surface area contributed by atoms with Crippen molar-refractivity contribution in [3.8, 4) is 16.9 Å². The maximum absolute atomic E-state index is 6.46. The number of nitrogens with one attached hydrogen (secondary N) is 1. The van der Waals surface area contributed by atoms with E-state index in [1.165, 1.54) is 58.2 Å². The van der Waals surface area contributed by atoms with Crippen LogP contribution in [0.3, 0.4) is 0 Å². The van der Waals surface area contributed by atoms with Gasteiger partial charge in [0.05, 0.1) is 11.5 Å². The fraction of sp³-hybridized carbons (Fsp3) is 0.600. The van der Waals surface area contributed by atoms with E-state index in [0.717, 1.165) is 59.8 Å². The number of hydrogen-bond donors (Lipinski definition) is 2. The highest BCUT2D eigenvalue weighted by Crippen LogP contribution is 2.44. The van der Waals surface area contributed by atoms with E-state index >= 15 is 0 Å². The van der Waals surface area contributed by atoms with Gasteiger partial charge in [0.25, 0.3) is 0 Å². The van der Waals surface area contributed by atoms with E-state index in [1.807, 2.05) is 6.07 Å². The Balaban J connectivity index is 1.10. The molecule has 3 aliphatic heterocycles. The maximum atomic E-state index is 6.46. The van der Waals surface area contributed by atoms with E-state index in [0.29, 0.717) is 24.6 Å². The number of nitrogens with two attached hydrogens (primary N) is 1. The van der Waals surface area contributed by atoms with E-state index in [-0.39, 0.29) is 5.60 Å². The number of nitrogen functional groups attached to an aromatic ring is 1. The molecule has 0 spiro atoms. The van der Waals surface area contributed by atoms with Gasteiger partial charge in [-0.1, -0.05) is 12.1 Å². The highest BCUT2D eigenvalue weighted by molar-refractivity contribution is 6.00. The normalized spacial score (nSPS) is 29.7. The van der Waals surface area contributed by atoms with Crippen molar-refractivity contribution in [2.24, 2.45) is 5.92 Å². The van der Waals surface area contributed by atoms with Crippen LogP contribution in [0.15, 0.2) is 36.8 Å². The van der Waals surface area contributed by atoms with Gasteiger partial charge in [-0.2, -0.15) is 0 Å². The van der Waals surface area contributed by atoms with E-state index in [1.54, 1.807) is 6.33 Å². The summed E-state index contributed by atoms with van der Waals surface area (Å²) >= 11 is 0. The molecule has 0 unspecified atom stereocenters. The number of rotatable bonds is 7. The van der Waals surface area contributed by atoms with Crippen LogP contribution in [0.1, 0.15) is 57.4 Å². The minimum atomic E-state index is -0.0846. The van der Waals surface area contributed by atoms with Crippen LogP contribution in [0.4, 0.5) is 5.82 Å². The Morgan fingerprint density at radius 1 is 1.05 bits per heavy atom. The lowest BCUT2D eigenvalue weighted by molar-refractivity contribution is -0.0198. The minimum Gasteiger partial charge on any atom is -0.491 e. The molecule has 2 bridgehead atoms. The first kappa shape index (κ1) is 24.4. The molecule has 1 aromatic carbocycles. The number of nitrogens with zero attached hydrogens (tertiary/aromatic N) is 4. The van der Waals surface area contributed by atoms with Crippen LogP contribution in [0, 0.1) is 5.92 Å². The summed E-state index contributed by atoms with van der Waals surface area (Å²) in [6.07, 6.45) is 13.7. The molecule has 4 fully saturated rings. The molecule has 38 heavy (non-hydrogen) atoms. The standard InChI is InChI=1S/C30H40N6O2/c31-28-27-26(22-2-1-3-25(16-22)37-19-30-10-8-24(38-30)9-11-30)18-36(29(27)34-20-33-28)23-6-4-21(5-7-23)17-35-14-12-32-13-15-35/h1-3,16,18,20-21,23-24,32H,4-15,17,19H2,(H2,31,33,34). The van der Waals surface area contributed by atoms with Crippen molar-refractivity contribution >= 4 is 16.9 Å². The molecule has 3 N–H and O–H groups in total. The van der Waals surface area contributed by atoms with Crippen molar-refractivity contribution in [1.29, 1.82) is 0 Å². The molecule has 7 rings (SSSR count). The number of piperazine rings is 1. The molecule has 0 amide bonds. The molecule has 0 radical (unpaired) electrons. The van der Waals surface area contributed by atoms with Crippen LogP contribution in [0.2, 0.25) is 0 Å². The second-order valence-electron chi connectivity index (χ2n) is 11.9. The molecule has 2 aromatic heterocycles. The average molecular weight is 517 g/mol. The smallest absolute Gasteiger partial charge is 0.146 e. The molecule has 3 aromatic rings. The minimum absolute atomic E-state index is 0.0846. The summed E-state index contributed by atoms with van der Waals surface area (Å²) in [6.45, 7) is 6.46. The van der Waals surface area contributed by atoms with E-state index in [9.17, 15) is 0 Å². The van der Waals surface area contributed by atoms with E-state index in [4.69, 9.17) is 20.2 Å². The number of anilines is 1. The van der Waals surface area contributed by atoms with Gasteiger partial charge in [0.15, 0.2) is 0 Å². The number of ether oxygens (including phenoxy) is 2.